The first-order valence-electron chi connectivity index (χ1n) is 7.90. The highest BCUT2D eigenvalue weighted by atomic mass is 16.4. The van der Waals surface area contributed by atoms with Crippen LogP contribution in [0, 0.1) is 0 Å². The summed E-state index contributed by atoms with van der Waals surface area (Å²) >= 11 is 0. The molecule has 1 aromatic carbocycles. The van der Waals surface area contributed by atoms with Crippen LogP contribution in [0.4, 0.5) is 5.69 Å². The first-order chi connectivity index (χ1) is 11.5. The van der Waals surface area contributed by atoms with E-state index in [1.165, 1.54) is 13.0 Å². The fourth-order valence-electron chi connectivity index (χ4n) is 2.83. The van der Waals surface area contributed by atoms with Crippen LogP contribution in [0.15, 0.2) is 44.3 Å². The highest BCUT2D eigenvalue weighted by Crippen LogP contribution is 2.23. The van der Waals surface area contributed by atoms with Gasteiger partial charge in [-0.3, -0.25) is 9.59 Å². The summed E-state index contributed by atoms with van der Waals surface area (Å²) < 4.78 is 6.91. The minimum absolute atomic E-state index is 0.0914. The zero-order valence-electron chi connectivity index (χ0n) is 13.6. The highest BCUT2D eigenvalue weighted by molar-refractivity contribution is 6.03. The number of anilines is 1. The van der Waals surface area contributed by atoms with Gasteiger partial charge in [-0.15, -0.1) is 0 Å². The molecule has 0 atom stereocenters. The average Bonchev–Trinajstić information content (AvgIpc) is 2.55. The molecule has 0 aliphatic carbocycles. The molecule has 0 saturated carbocycles. The lowest BCUT2D eigenvalue weighted by molar-refractivity contribution is -0.114. The largest absolute Gasteiger partial charge is 0.422 e. The Morgan fingerprint density at radius 2 is 1.96 bits per heavy atom. The van der Waals surface area contributed by atoms with E-state index in [0.29, 0.717) is 23.0 Å². The van der Waals surface area contributed by atoms with Crippen LogP contribution >= 0.6 is 0 Å². The summed E-state index contributed by atoms with van der Waals surface area (Å²) in [6, 6.07) is 8.53. The van der Waals surface area contributed by atoms with E-state index >= 15 is 0 Å². The molecule has 2 aromatic heterocycles. The summed E-state index contributed by atoms with van der Waals surface area (Å²) in [5.41, 5.74) is 0.234. The lowest BCUT2D eigenvalue weighted by Crippen LogP contribution is -2.27. The number of benzene rings is 1. The number of para-hydroxylation sites is 1. The van der Waals surface area contributed by atoms with E-state index in [0.717, 1.165) is 12.8 Å². The van der Waals surface area contributed by atoms with Gasteiger partial charge in [0.2, 0.25) is 5.91 Å². The molecule has 3 rings (SSSR count). The van der Waals surface area contributed by atoms with Crippen molar-refractivity contribution in [1.82, 2.24) is 4.57 Å². The fourth-order valence-corrected chi connectivity index (χ4v) is 2.83. The van der Waals surface area contributed by atoms with E-state index in [4.69, 9.17) is 4.42 Å². The van der Waals surface area contributed by atoms with E-state index in [9.17, 15) is 14.4 Å². The van der Waals surface area contributed by atoms with Gasteiger partial charge in [0, 0.05) is 18.9 Å². The van der Waals surface area contributed by atoms with Crippen molar-refractivity contribution >= 4 is 33.5 Å². The van der Waals surface area contributed by atoms with Crippen LogP contribution in [-0.4, -0.2) is 10.5 Å². The molecule has 6 heteroatoms. The number of rotatable bonds is 4. The summed E-state index contributed by atoms with van der Waals surface area (Å²) in [4.78, 5) is 36.5. The molecule has 0 saturated heterocycles. The predicted molar refractivity (Wildman–Crippen MR) is 93.5 cm³/mol. The van der Waals surface area contributed by atoms with E-state index < -0.39 is 5.63 Å². The number of amides is 1. The maximum absolute atomic E-state index is 12.8. The van der Waals surface area contributed by atoms with Crippen LogP contribution in [-0.2, 0) is 11.3 Å². The van der Waals surface area contributed by atoms with Gasteiger partial charge in [-0.25, -0.2) is 4.79 Å². The number of aryl methyl sites for hydroxylation is 1. The normalized spacial score (nSPS) is 11.1. The zero-order chi connectivity index (χ0) is 17.3. The lowest BCUT2D eigenvalue weighted by atomic mass is 10.1. The molecule has 0 aliphatic heterocycles. The van der Waals surface area contributed by atoms with Crippen molar-refractivity contribution in [2.24, 2.45) is 0 Å². The number of hydrogen-bond acceptors (Lipinski definition) is 4. The van der Waals surface area contributed by atoms with Crippen molar-refractivity contribution in [1.29, 1.82) is 0 Å². The maximum Gasteiger partial charge on any atom is 0.345 e. The van der Waals surface area contributed by atoms with Gasteiger partial charge in [0.1, 0.15) is 11.3 Å². The molecule has 124 valence electrons. The Labute approximate surface area is 137 Å². The standard InChI is InChI=1S/C18H18N2O4/c1-3-4-9-20-16-12-7-5-6-8-15(12)24-18(23)13(16)10-14(17(20)22)19-11(2)21/h5-8,10H,3-4,9H2,1-2H3,(H,19,21). The Morgan fingerprint density at radius 3 is 2.67 bits per heavy atom. The highest BCUT2D eigenvalue weighted by Gasteiger charge is 2.16. The van der Waals surface area contributed by atoms with Crippen molar-refractivity contribution in [3.05, 3.63) is 51.1 Å². The van der Waals surface area contributed by atoms with Gasteiger partial charge in [-0.05, 0) is 24.6 Å². The van der Waals surface area contributed by atoms with E-state index in [2.05, 4.69) is 5.32 Å². The second kappa shape index (κ2) is 6.31. The minimum atomic E-state index is -0.527. The number of unbranched alkanes of at least 4 members (excludes halogenated alkanes) is 1. The Kier molecular flexibility index (Phi) is 4.20. The van der Waals surface area contributed by atoms with E-state index in [1.807, 2.05) is 19.1 Å². The lowest BCUT2D eigenvalue weighted by Gasteiger charge is -2.14. The molecule has 0 fully saturated rings. The van der Waals surface area contributed by atoms with Crippen LogP contribution in [0.5, 0.6) is 0 Å². The third-order valence-electron chi connectivity index (χ3n) is 3.90. The van der Waals surface area contributed by atoms with E-state index in [-0.39, 0.29) is 22.5 Å². The summed E-state index contributed by atoms with van der Waals surface area (Å²) in [6.45, 7) is 3.81. The zero-order valence-corrected chi connectivity index (χ0v) is 13.6. The Bertz CT molecular complexity index is 1050. The number of aromatic nitrogens is 1. The molecule has 6 nitrogen and oxygen atoms in total. The molecule has 24 heavy (non-hydrogen) atoms. The number of fused-ring (bicyclic) bond motifs is 3. The second-order valence-corrected chi connectivity index (χ2v) is 5.70. The Hall–Kier alpha value is -2.89. The van der Waals surface area contributed by atoms with Crippen molar-refractivity contribution < 1.29 is 9.21 Å². The molecule has 1 amide bonds. The van der Waals surface area contributed by atoms with E-state index in [1.54, 1.807) is 16.7 Å². The van der Waals surface area contributed by atoms with Gasteiger partial charge < -0.3 is 14.3 Å². The number of nitrogens with one attached hydrogen (secondary N) is 1. The Balaban J connectivity index is 2.47. The summed E-state index contributed by atoms with van der Waals surface area (Å²) in [5.74, 6) is -0.362. The molecular formula is C18H18N2O4. The van der Waals surface area contributed by atoms with Gasteiger partial charge in [0.15, 0.2) is 0 Å². The van der Waals surface area contributed by atoms with Gasteiger partial charge in [-0.2, -0.15) is 0 Å². The molecule has 0 bridgehead atoms. The van der Waals surface area contributed by atoms with Gasteiger partial charge in [-0.1, -0.05) is 25.5 Å². The molecule has 0 spiro atoms. The number of hydrogen-bond donors (Lipinski definition) is 1. The summed E-state index contributed by atoms with van der Waals surface area (Å²) in [5, 5.41) is 3.49. The number of pyridine rings is 1. The first kappa shape index (κ1) is 16.0. The number of nitrogens with zero attached hydrogens (tertiary/aromatic N) is 1. The van der Waals surface area contributed by atoms with Crippen molar-refractivity contribution in [3.63, 3.8) is 0 Å². The van der Waals surface area contributed by atoms with Gasteiger partial charge in [0.25, 0.3) is 5.56 Å². The van der Waals surface area contributed by atoms with Crippen molar-refractivity contribution in [2.75, 3.05) is 5.32 Å². The number of carbonyl (C=O) groups excluding carboxylic acids is 1. The predicted octanol–water partition coefficient (Wildman–Crippen LogP) is 2.87. The molecule has 0 aliphatic rings. The Morgan fingerprint density at radius 1 is 1.21 bits per heavy atom. The van der Waals surface area contributed by atoms with Crippen LogP contribution < -0.4 is 16.5 Å². The van der Waals surface area contributed by atoms with Gasteiger partial charge in [0.05, 0.1) is 10.9 Å². The van der Waals surface area contributed by atoms with Crippen LogP contribution in [0.3, 0.4) is 0 Å². The molecular weight excluding hydrogens is 308 g/mol. The molecule has 0 radical (unpaired) electrons. The SMILES string of the molecule is CCCCn1c(=O)c(NC(C)=O)cc2c(=O)oc3ccccc3c21. The quantitative estimate of drug-likeness (QED) is 0.590. The van der Waals surface area contributed by atoms with Crippen LogP contribution in [0.25, 0.3) is 21.9 Å². The molecule has 2 heterocycles. The van der Waals surface area contributed by atoms with Crippen molar-refractivity contribution in [3.8, 4) is 0 Å². The van der Waals surface area contributed by atoms with Crippen LogP contribution in [0.1, 0.15) is 26.7 Å². The summed E-state index contributed by atoms with van der Waals surface area (Å²) in [6.07, 6.45) is 1.69. The second-order valence-electron chi connectivity index (χ2n) is 5.70. The van der Waals surface area contributed by atoms with Crippen molar-refractivity contribution in [2.45, 2.75) is 33.2 Å². The monoisotopic (exact) mass is 326 g/mol. The van der Waals surface area contributed by atoms with Crippen LogP contribution in [0.2, 0.25) is 0 Å². The number of carbonyl (C=O) groups is 1. The maximum atomic E-state index is 12.8. The molecule has 1 N–H and O–H groups in total. The molecule has 0 unspecified atom stereocenters. The first-order valence-corrected chi connectivity index (χ1v) is 7.90. The smallest absolute Gasteiger partial charge is 0.345 e. The third kappa shape index (κ3) is 2.71. The molecule has 3 aromatic rings. The summed E-state index contributed by atoms with van der Waals surface area (Å²) in [7, 11) is 0. The fraction of sp³-hybridized carbons (Fsp3) is 0.278. The topological polar surface area (TPSA) is 81.3 Å². The minimum Gasteiger partial charge on any atom is -0.422 e. The average molecular weight is 326 g/mol. The third-order valence-corrected chi connectivity index (χ3v) is 3.90. The van der Waals surface area contributed by atoms with Gasteiger partial charge >= 0.3 is 5.63 Å².